The van der Waals surface area contributed by atoms with Crippen LogP contribution in [-0.2, 0) is 19.1 Å². The first-order valence-corrected chi connectivity index (χ1v) is 7.69. The maximum atomic E-state index is 12.0. The molecule has 0 aromatic carbocycles. The minimum absolute atomic E-state index is 0.250. The van der Waals surface area contributed by atoms with Crippen LogP contribution in [0, 0.1) is 0 Å². The Labute approximate surface area is 139 Å². The Balaban J connectivity index is 2.01. The highest BCUT2D eigenvalue weighted by molar-refractivity contribution is 5.93. The normalized spacial score (nSPS) is 20.5. The summed E-state index contributed by atoms with van der Waals surface area (Å²) < 4.78 is 16.3. The van der Waals surface area contributed by atoms with Gasteiger partial charge in [0, 0.05) is 31.3 Å². The van der Waals surface area contributed by atoms with Crippen LogP contribution < -0.4 is 9.64 Å². The number of ether oxygens (including phenoxy) is 3. The van der Waals surface area contributed by atoms with Crippen LogP contribution in [0.15, 0.2) is 30.6 Å². The van der Waals surface area contributed by atoms with Gasteiger partial charge in [-0.15, -0.1) is 0 Å². The van der Waals surface area contributed by atoms with Gasteiger partial charge in [-0.1, -0.05) is 6.92 Å². The summed E-state index contributed by atoms with van der Waals surface area (Å²) in [5.74, 6) is -2.22. The van der Waals surface area contributed by atoms with Crippen molar-refractivity contribution in [3.63, 3.8) is 0 Å². The fourth-order valence-electron chi connectivity index (χ4n) is 2.84. The van der Waals surface area contributed by atoms with Gasteiger partial charge in [-0.25, -0.2) is 9.59 Å². The molecule has 128 valence electrons. The number of piperazine rings is 1. The standard InChI is InChI=1S/C16H19N3O5/c1-3-18-6-7-19(12-8-13(22-2)10-17-9-12)16(11-18)23-14(20)4-5-15(21)24-16/h4-5,8-10H,3,6-7,11H2,1-2H3. The van der Waals surface area contributed by atoms with Crippen molar-refractivity contribution in [1.82, 2.24) is 9.88 Å². The number of hydrogen-bond acceptors (Lipinski definition) is 8. The van der Waals surface area contributed by atoms with E-state index < -0.39 is 17.8 Å². The minimum Gasteiger partial charge on any atom is -0.495 e. The van der Waals surface area contributed by atoms with Crippen LogP contribution in [0.25, 0.3) is 0 Å². The van der Waals surface area contributed by atoms with Gasteiger partial charge in [0.1, 0.15) is 5.75 Å². The molecule has 2 aliphatic heterocycles. The summed E-state index contributed by atoms with van der Waals surface area (Å²) in [6.45, 7) is 4.23. The predicted molar refractivity (Wildman–Crippen MR) is 84.3 cm³/mol. The molecule has 3 rings (SSSR count). The van der Waals surface area contributed by atoms with E-state index in [1.54, 1.807) is 30.5 Å². The van der Waals surface area contributed by atoms with E-state index >= 15 is 0 Å². The molecule has 1 aromatic heterocycles. The molecule has 8 heteroatoms. The molecule has 0 radical (unpaired) electrons. The molecule has 0 saturated carbocycles. The van der Waals surface area contributed by atoms with Crippen LogP contribution in [0.5, 0.6) is 5.75 Å². The lowest BCUT2D eigenvalue weighted by molar-refractivity contribution is -0.231. The maximum absolute atomic E-state index is 12.0. The Hall–Kier alpha value is -2.61. The molecule has 8 nitrogen and oxygen atoms in total. The highest BCUT2D eigenvalue weighted by Crippen LogP contribution is 2.33. The van der Waals surface area contributed by atoms with Crippen molar-refractivity contribution in [2.75, 3.05) is 38.2 Å². The lowest BCUT2D eigenvalue weighted by atomic mass is 10.2. The summed E-state index contributed by atoms with van der Waals surface area (Å²) in [7, 11) is 1.54. The molecular formula is C16H19N3O5. The van der Waals surface area contributed by atoms with E-state index in [0.717, 1.165) is 25.2 Å². The van der Waals surface area contributed by atoms with Gasteiger partial charge in [-0.3, -0.25) is 14.8 Å². The summed E-state index contributed by atoms with van der Waals surface area (Å²) in [5.41, 5.74) is 0.646. The third-order valence-corrected chi connectivity index (χ3v) is 4.04. The van der Waals surface area contributed by atoms with Crippen LogP contribution in [0.4, 0.5) is 5.69 Å². The van der Waals surface area contributed by atoms with E-state index in [1.807, 2.05) is 6.92 Å². The number of anilines is 1. The number of methoxy groups -OCH3 is 1. The molecule has 0 amide bonds. The molecule has 24 heavy (non-hydrogen) atoms. The Kier molecular flexibility index (Phi) is 4.39. The average Bonchev–Trinajstić information content (AvgIpc) is 2.73. The van der Waals surface area contributed by atoms with Crippen molar-refractivity contribution in [3.05, 3.63) is 30.6 Å². The smallest absolute Gasteiger partial charge is 0.356 e. The first-order valence-electron chi connectivity index (χ1n) is 7.69. The van der Waals surface area contributed by atoms with Gasteiger partial charge in [-0.05, 0) is 6.54 Å². The number of pyridine rings is 1. The molecule has 1 aromatic rings. The van der Waals surface area contributed by atoms with Crippen molar-refractivity contribution in [3.8, 4) is 5.75 Å². The fourth-order valence-corrected chi connectivity index (χ4v) is 2.84. The lowest BCUT2D eigenvalue weighted by Crippen LogP contribution is -2.66. The topological polar surface area (TPSA) is 81.2 Å². The number of esters is 2. The lowest BCUT2D eigenvalue weighted by Gasteiger charge is -2.47. The summed E-state index contributed by atoms with van der Waals surface area (Å²) >= 11 is 0. The average molecular weight is 333 g/mol. The number of carbonyl (C=O) groups is 2. The monoisotopic (exact) mass is 333 g/mol. The zero-order chi connectivity index (χ0) is 17.2. The summed E-state index contributed by atoms with van der Waals surface area (Å²) in [5, 5.41) is 0. The van der Waals surface area contributed by atoms with Crippen molar-refractivity contribution in [2.45, 2.75) is 12.8 Å². The number of carbonyl (C=O) groups excluding carboxylic acids is 2. The van der Waals surface area contributed by atoms with E-state index in [2.05, 4.69) is 9.88 Å². The van der Waals surface area contributed by atoms with Gasteiger partial charge in [0.05, 0.1) is 31.7 Å². The van der Waals surface area contributed by atoms with Gasteiger partial charge in [0.25, 0.3) is 0 Å². The van der Waals surface area contributed by atoms with Crippen LogP contribution in [0.3, 0.4) is 0 Å². The molecule has 0 bridgehead atoms. The SMILES string of the molecule is CCN1CCN(c2cncc(OC)c2)C2(C1)OC(=O)C=CC(=O)O2. The molecule has 0 atom stereocenters. The second kappa shape index (κ2) is 6.48. The number of rotatable bonds is 3. The highest BCUT2D eigenvalue weighted by Gasteiger charge is 2.50. The van der Waals surface area contributed by atoms with E-state index in [4.69, 9.17) is 14.2 Å². The summed E-state index contributed by atoms with van der Waals surface area (Å²) in [6.07, 6.45) is 5.34. The number of nitrogens with zero attached hydrogens (tertiary/aromatic N) is 3. The molecule has 1 spiro atoms. The first-order chi connectivity index (χ1) is 11.6. The third-order valence-electron chi connectivity index (χ3n) is 4.04. The Morgan fingerprint density at radius 3 is 2.54 bits per heavy atom. The van der Waals surface area contributed by atoms with E-state index in [9.17, 15) is 9.59 Å². The van der Waals surface area contributed by atoms with E-state index in [0.29, 0.717) is 18.0 Å². The third kappa shape index (κ3) is 3.05. The predicted octanol–water partition coefficient (Wildman–Crippen LogP) is 0.542. The quantitative estimate of drug-likeness (QED) is 0.742. The Morgan fingerprint density at radius 2 is 1.92 bits per heavy atom. The van der Waals surface area contributed by atoms with Gasteiger partial charge < -0.3 is 14.2 Å². The molecule has 3 heterocycles. The molecule has 2 aliphatic rings. The molecule has 1 fully saturated rings. The van der Waals surface area contributed by atoms with Gasteiger partial charge in [-0.2, -0.15) is 0 Å². The zero-order valence-corrected chi connectivity index (χ0v) is 13.6. The molecular weight excluding hydrogens is 314 g/mol. The van der Waals surface area contributed by atoms with Crippen LogP contribution >= 0.6 is 0 Å². The van der Waals surface area contributed by atoms with Crippen molar-refractivity contribution < 1.29 is 23.8 Å². The van der Waals surface area contributed by atoms with E-state index in [1.165, 1.54) is 0 Å². The fraction of sp³-hybridized carbons (Fsp3) is 0.438. The van der Waals surface area contributed by atoms with Gasteiger partial charge >= 0.3 is 17.8 Å². The van der Waals surface area contributed by atoms with Gasteiger partial charge in [0.15, 0.2) is 0 Å². The summed E-state index contributed by atoms with van der Waals surface area (Å²) in [6, 6.07) is 1.76. The Bertz CT molecular complexity index is 655. The Morgan fingerprint density at radius 1 is 1.21 bits per heavy atom. The molecule has 0 aliphatic carbocycles. The zero-order valence-electron chi connectivity index (χ0n) is 13.6. The van der Waals surface area contributed by atoms with Crippen LogP contribution in [0.2, 0.25) is 0 Å². The molecule has 0 unspecified atom stereocenters. The number of hydrogen-bond donors (Lipinski definition) is 0. The summed E-state index contributed by atoms with van der Waals surface area (Å²) in [4.78, 5) is 31.9. The van der Waals surface area contributed by atoms with Crippen molar-refractivity contribution in [2.24, 2.45) is 0 Å². The second-order valence-corrected chi connectivity index (χ2v) is 5.49. The van der Waals surface area contributed by atoms with Gasteiger partial charge in [0.2, 0.25) is 0 Å². The molecule has 0 N–H and O–H groups in total. The van der Waals surface area contributed by atoms with E-state index in [-0.39, 0.29) is 6.54 Å². The molecule has 1 saturated heterocycles. The number of aromatic nitrogens is 1. The maximum Gasteiger partial charge on any atom is 0.356 e. The van der Waals surface area contributed by atoms with Crippen LogP contribution in [0.1, 0.15) is 6.92 Å². The minimum atomic E-state index is -1.53. The first kappa shape index (κ1) is 16.3. The van der Waals surface area contributed by atoms with Crippen molar-refractivity contribution >= 4 is 17.6 Å². The second-order valence-electron chi connectivity index (χ2n) is 5.49. The number of likely N-dealkylation sites (N-methyl/N-ethyl adjacent to an activating group) is 1. The van der Waals surface area contributed by atoms with Crippen LogP contribution in [-0.4, -0.2) is 61.0 Å². The largest absolute Gasteiger partial charge is 0.495 e. The van der Waals surface area contributed by atoms with Crippen molar-refractivity contribution in [1.29, 1.82) is 0 Å². The highest BCUT2D eigenvalue weighted by atomic mass is 16.8.